The van der Waals surface area contributed by atoms with Gasteiger partial charge in [-0.25, -0.2) is 0 Å². The Hall–Kier alpha value is -2.64. The highest BCUT2D eigenvalue weighted by molar-refractivity contribution is 5.93. The molecule has 1 amide bonds. The quantitative estimate of drug-likeness (QED) is 0.901. The average molecular weight is 335 g/mol. The zero-order chi connectivity index (χ0) is 18.4. The Morgan fingerprint density at radius 1 is 1.12 bits per heavy atom. The maximum atomic E-state index is 12.2. The summed E-state index contributed by atoms with van der Waals surface area (Å²) < 4.78 is 0. The van der Waals surface area contributed by atoms with Crippen molar-refractivity contribution in [3.63, 3.8) is 0 Å². The fraction of sp³-hybridized carbons (Fsp3) is 0.333. The highest BCUT2D eigenvalue weighted by atomic mass is 16.2. The first-order valence-electron chi connectivity index (χ1n) is 8.36. The first kappa shape index (κ1) is 18.7. The minimum Gasteiger partial charge on any atom is -0.324 e. The number of hydrogen-bond donors (Lipinski definition) is 1. The number of carbonyl (C=O) groups excluding carboxylic acids is 1. The minimum absolute atomic E-state index is 0.128. The molecule has 0 spiro atoms. The molecule has 0 saturated heterocycles. The van der Waals surface area contributed by atoms with E-state index in [9.17, 15) is 4.79 Å². The van der Waals surface area contributed by atoms with Crippen LogP contribution in [0.25, 0.3) is 0 Å². The van der Waals surface area contributed by atoms with E-state index < -0.39 is 0 Å². The topological polar surface area (TPSA) is 56.1 Å². The number of nitrogens with zero attached hydrogens (tertiary/aromatic N) is 2. The molecule has 2 aromatic carbocycles. The number of hydrogen-bond acceptors (Lipinski definition) is 3. The Morgan fingerprint density at radius 3 is 2.36 bits per heavy atom. The molecule has 0 aliphatic rings. The van der Waals surface area contributed by atoms with Crippen LogP contribution in [0.4, 0.5) is 5.69 Å². The summed E-state index contributed by atoms with van der Waals surface area (Å²) in [5.74, 6) is -0.128. The summed E-state index contributed by atoms with van der Waals surface area (Å²) in [7, 11) is 1.91. The largest absolute Gasteiger partial charge is 0.324 e. The van der Waals surface area contributed by atoms with Crippen LogP contribution in [0, 0.1) is 11.3 Å². The predicted octanol–water partition coefficient (Wildman–Crippen LogP) is 3.93. The molecule has 0 aliphatic carbocycles. The van der Waals surface area contributed by atoms with Gasteiger partial charge in [-0.2, -0.15) is 5.26 Å². The first-order chi connectivity index (χ1) is 11.8. The van der Waals surface area contributed by atoms with Gasteiger partial charge in [-0.1, -0.05) is 57.2 Å². The molecule has 2 aromatic rings. The van der Waals surface area contributed by atoms with Gasteiger partial charge in [0, 0.05) is 6.54 Å². The highest BCUT2D eigenvalue weighted by Gasteiger charge is 2.14. The van der Waals surface area contributed by atoms with Crippen molar-refractivity contribution in [3.8, 4) is 6.07 Å². The van der Waals surface area contributed by atoms with Crippen LogP contribution in [0.3, 0.4) is 0 Å². The van der Waals surface area contributed by atoms with Gasteiger partial charge in [0.15, 0.2) is 0 Å². The van der Waals surface area contributed by atoms with Crippen LogP contribution in [0.2, 0.25) is 0 Å². The van der Waals surface area contributed by atoms with Crippen LogP contribution in [0.1, 0.15) is 37.5 Å². The molecular formula is C21H25N3O. The number of carbonyl (C=O) groups is 1. The lowest BCUT2D eigenvalue weighted by atomic mass is 9.87. The summed E-state index contributed by atoms with van der Waals surface area (Å²) >= 11 is 0. The Bertz CT molecular complexity index is 767. The monoisotopic (exact) mass is 335 g/mol. The molecule has 0 aromatic heterocycles. The molecule has 130 valence electrons. The summed E-state index contributed by atoms with van der Waals surface area (Å²) in [6.45, 7) is 7.53. The molecule has 0 saturated carbocycles. The SMILES string of the molecule is CN(CC(=O)Nc1ccccc1C#N)Cc1ccc(C(C)(C)C)cc1. The van der Waals surface area contributed by atoms with Crippen LogP contribution in [0.15, 0.2) is 48.5 Å². The molecule has 0 aliphatic heterocycles. The van der Waals surface area contributed by atoms with Crippen molar-refractivity contribution >= 4 is 11.6 Å². The van der Waals surface area contributed by atoms with Crippen molar-refractivity contribution in [1.29, 1.82) is 5.26 Å². The maximum Gasteiger partial charge on any atom is 0.238 e. The Morgan fingerprint density at radius 2 is 1.76 bits per heavy atom. The molecule has 25 heavy (non-hydrogen) atoms. The number of nitriles is 1. The molecular weight excluding hydrogens is 310 g/mol. The average Bonchev–Trinajstić information content (AvgIpc) is 2.54. The van der Waals surface area contributed by atoms with Crippen molar-refractivity contribution in [2.45, 2.75) is 32.7 Å². The number of nitrogens with one attached hydrogen (secondary N) is 1. The Kier molecular flexibility index (Phi) is 5.95. The van der Waals surface area contributed by atoms with Crippen LogP contribution in [-0.2, 0) is 16.8 Å². The van der Waals surface area contributed by atoms with Crippen LogP contribution in [-0.4, -0.2) is 24.4 Å². The van der Waals surface area contributed by atoms with Crippen LogP contribution < -0.4 is 5.32 Å². The normalized spacial score (nSPS) is 11.2. The molecule has 4 heteroatoms. The number of rotatable bonds is 5. The number of likely N-dealkylation sites (N-methyl/N-ethyl adjacent to an activating group) is 1. The van der Waals surface area contributed by atoms with E-state index in [1.165, 1.54) is 11.1 Å². The lowest BCUT2D eigenvalue weighted by molar-refractivity contribution is -0.117. The van der Waals surface area contributed by atoms with E-state index in [1.54, 1.807) is 24.3 Å². The molecule has 0 fully saturated rings. The first-order valence-corrected chi connectivity index (χ1v) is 8.36. The van der Waals surface area contributed by atoms with E-state index in [0.717, 1.165) is 0 Å². The fourth-order valence-corrected chi connectivity index (χ4v) is 2.60. The van der Waals surface area contributed by atoms with E-state index >= 15 is 0 Å². The second kappa shape index (κ2) is 7.96. The number of amides is 1. The van der Waals surface area contributed by atoms with Gasteiger partial charge < -0.3 is 5.32 Å². The predicted molar refractivity (Wildman–Crippen MR) is 101 cm³/mol. The molecule has 0 unspecified atom stereocenters. The summed E-state index contributed by atoms with van der Waals surface area (Å²) in [6.07, 6.45) is 0. The van der Waals surface area contributed by atoms with Crippen molar-refractivity contribution < 1.29 is 4.79 Å². The molecule has 0 bridgehead atoms. The molecule has 1 N–H and O–H groups in total. The van der Waals surface area contributed by atoms with Gasteiger partial charge in [-0.05, 0) is 35.7 Å². The summed E-state index contributed by atoms with van der Waals surface area (Å²) in [5.41, 5.74) is 3.62. The van der Waals surface area contributed by atoms with E-state index in [0.29, 0.717) is 17.8 Å². The van der Waals surface area contributed by atoms with E-state index in [-0.39, 0.29) is 17.9 Å². The Labute approximate surface area is 150 Å². The summed E-state index contributed by atoms with van der Waals surface area (Å²) in [4.78, 5) is 14.2. The molecule has 0 radical (unpaired) electrons. The third kappa shape index (κ3) is 5.44. The standard InChI is InChI=1S/C21H25N3O/c1-21(2,3)18-11-9-16(10-12-18)14-24(4)15-20(25)23-19-8-6-5-7-17(19)13-22/h5-12H,14-15H2,1-4H3,(H,23,25). The third-order valence-electron chi connectivity index (χ3n) is 4.01. The minimum atomic E-state index is -0.128. The van der Waals surface area contributed by atoms with Gasteiger partial charge in [-0.15, -0.1) is 0 Å². The summed E-state index contributed by atoms with van der Waals surface area (Å²) in [5, 5.41) is 11.9. The molecule has 2 rings (SSSR count). The number of benzene rings is 2. The van der Waals surface area contributed by atoms with Crippen molar-refractivity contribution in [2.75, 3.05) is 18.9 Å². The van der Waals surface area contributed by atoms with Crippen LogP contribution in [0.5, 0.6) is 0 Å². The van der Waals surface area contributed by atoms with Gasteiger partial charge in [-0.3, -0.25) is 9.69 Å². The number of anilines is 1. The van der Waals surface area contributed by atoms with Crippen molar-refractivity contribution in [3.05, 3.63) is 65.2 Å². The van der Waals surface area contributed by atoms with Crippen molar-refractivity contribution in [2.24, 2.45) is 0 Å². The van der Waals surface area contributed by atoms with E-state index in [1.807, 2.05) is 11.9 Å². The third-order valence-corrected chi connectivity index (χ3v) is 4.01. The lowest BCUT2D eigenvalue weighted by Crippen LogP contribution is -2.30. The van der Waals surface area contributed by atoms with Gasteiger partial charge in [0.2, 0.25) is 5.91 Å². The maximum absolute atomic E-state index is 12.2. The van der Waals surface area contributed by atoms with Gasteiger partial charge >= 0.3 is 0 Å². The van der Waals surface area contributed by atoms with E-state index in [4.69, 9.17) is 5.26 Å². The molecule has 4 nitrogen and oxygen atoms in total. The highest BCUT2D eigenvalue weighted by Crippen LogP contribution is 2.22. The van der Waals surface area contributed by atoms with Gasteiger partial charge in [0.25, 0.3) is 0 Å². The Balaban J connectivity index is 1.92. The smallest absolute Gasteiger partial charge is 0.238 e. The summed E-state index contributed by atoms with van der Waals surface area (Å²) in [6, 6.07) is 17.6. The van der Waals surface area contributed by atoms with Crippen molar-refractivity contribution in [1.82, 2.24) is 4.90 Å². The fourth-order valence-electron chi connectivity index (χ4n) is 2.60. The molecule has 0 heterocycles. The van der Waals surface area contributed by atoms with Crippen LogP contribution >= 0.6 is 0 Å². The van der Waals surface area contributed by atoms with Gasteiger partial charge in [0.1, 0.15) is 6.07 Å². The zero-order valence-electron chi connectivity index (χ0n) is 15.3. The van der Waals surface area contributed by atoms with E-state index in [2.05, 4.69) is 56.4 Å². The zero-order valence-corrected chi connectivity index (χ0v) is 15.3. The van der Waals surface area contributed by atoms with Gasteiger partial charge in [0.05, 0.1) is 17.8 Å². The number of para-hydroxylation sites is 1. The molecule has 0 atom stereocenters. The second-order valence-corrected chi connectivity index (χ2v) is 7.32. The second-order valence-electron chi connectivity index (χ2n) is 7.32. The lowest BCUT2D eigenvalue weighted by Gasteiger charge is -2.20.